The van der Waals surface area contributed by atoms with Crippen LogP contribution in [0.5, 0.6) is 0 Å². The quantitative estimate of drug-likeness (QED) is 0.719. The molecule has 3 atom stereocenters. The molecule has 1 aliphatic heterocycles. The van der Waals surface area contributed by atoms with E-state index in [1.54, 1.807) is 0 Å². The van der Waals surface area contributed by atoms with Gasteiger partial charge in [0.25, 0.3) is 0 Å². The van der Waals surface area contributed by atoms with Gasteiger partial charge in [0.2, 0.25) is 0 Å². The summed E-state index contributed by atoms with van der Waals surface area (Å²) in [6.07, 6.45) is 0.594. The first kappa shape index (κ1) is 10.6. The van der Waals surface area contributed by atoms with Gasteiger partial charge in [-0.15, -0.1) is 10.2 Å². The molecule has 90 valence electrons. The lowest BCUT2D eigenvalue weighted by Crippen LogP contribution is -2.40. The minimum atomic E-state index is -1.19. The molecule has 0 bridgehead atoms. The first-order chi connectivity index (χ1) is 8.24. The maximum Gasteiger partial charge on any atom is 0.160 e. The molecule has 3 unspecified atom stereocenters. The fourth-order valence-corrected chi connectivity index (χ4v) is 2.24. The van der Waals surface area contributed by atoms with Crippen molar-refractivity contribution in [2.75, 3.05) is 0 Å². The fourth-order valence-electron chi connectivity index (χ4n) is 2.24. The molecule has 2 aromatic heterocycles. The van der Waals surface area contributed by atoms with Gasteiger partial charge in [-0.3, -0.25) is 9.72 Å². The molecule has 0 aliphatic carbocycles. The van der Waals surface area contributed by atoms with E-state index in [0.717, 1.165) is 5.65 Å². The van der Waals surface area contributed by atoms with Gasteiger partial charge in [0, 0.05) is 12.6 Å². The predicted octanol–water partition coefficient (Wildman–Crippen LogP) is 0.810. The standard InChI is InChI=1S/C11H13FN4O/c12-9-6-7(17)5-8(13-9)11-15-14-10-3-1-2-4-16(10)11/h1-4,7-9,13,17H,5-6H2. The van der Waals surface area contributed by atoms with E-state index < -0.39 is 12.4 Å². The second kappa shape index (κ2) is 4.05. The number of pyridine rings is 1. The third-order valence-corrected chi connectivity index (χ3v) is 3.02. The summed E-state index contributed by atoms with van der Waals surface area (Å²) < 4.78 is 15.2. The molecule has 6 heteroatoms. The zero-order valence-corrected chi connectivity index (χ0v) is 9.12. The number of aromatic nitrogens is 3. The fraction of sp³-hybridized carbons (Fsp3) is 0.455. The normalized spacial score (nSPS) is 29.6. The molecule has 0 radical (unpaired) electrons. The van der Waals surface area contributed by atoms with Crippen LogP contribution in [0.2, 0.25) is 0 Å². The number of rotatable bonds is 1. The van der Waals surface area contributed by atoms with Crippen LogP contribution >= 0.6 is 0 Å². The van der Waals surface area contributed by atoms with Crippen molar-refractivity contribution in [3.05, 3.63) is 30.2 Å². The predicted molar refractivity (Wildman–Crippen MR) is 59.0 cm³/mol. The SMILES string of the molecule is OC1CC(F)NC(c2nnc3ccccn23)C1. The summed E-state index contributed by atoms with van der Waals surface area (Å²) >= 11 is 0. The van der Waals surface area contributed by atoms with Crippen molar-refractivity contribution in [2.45, 2.75) is 31.3 Å². The van der Waals surface area contributed by atoms with E-state index in [2.05, 4.69) is 15.5 Å². The van der Waals surface area contributed by atoms with E-state index >= 15 is 0 Å². The number of nitrogens with one attached hydrogen (secondary N) is 1. The highest BCUT2D eigenvalue weighted by atomic mass is 19.1. The Morgan fingerprint density at radius 1 is 1.35 bits per heavy atom. The van der Waals surface area contributed by atoms with Gasteiger partial charge < -0.3 is 5.11 Å². The summed E-state index contributed by atoms with van der Waals surface area (Å²) in [4.78, 5) is 0. The van der Waals surface area contributed by atoms with E-state index in [4.69, 9.17) is 0 Å². The highest BCUT2D eigenvalue weighted by Crippen LogP contribution is 2.25. The minimum Gasteiger partial charge on any atom is -0.393 e. The second-order valence-electron chi connectivity index (χ2n) is 4.30. The molecule has 0 spiro atoms. The molecule has 1 saturated heterocycles. The number of aliphatic hydroxyl groups excluding tert-OH is 1. The van der Waals surface area contributed by atoms with Crippen LogP contribution in [-0.2, 0) is 0 Å². The van der Waals surface area contributed by atoms with Crippen molar-refractivity contribution in [3.8, 4) is 0 Å². The number of piperidine rings is 1. The average molecular weight is 236 g/mol. The van der Waals surface area contributed by atoms with Gasteiger partial charge in [-0.05, 0) is 18.6 Å². The Bertz CT molecular complexity index is 519. The highest BCUT2D eigenvalue weighted by Gasteiger charge is 2.30. The minimum absolute atomic E-state index is 0.132. The lowest BCUT2D eigenvalue weighted by molar-refractivity contribution is 0.0500. The number of fused-ring (bicyclic) bond motifs is 1. The van der Waals surface area contributed by atoms with Gasteiger partial charge in [0.1, 0.15) is 0 Å². The van der Waals surface area contributed by atoms with Crippen molar-refractivity contribution in [2.24, 2.45) is 0 Å². The van der Waals surface area contributed by atoms with Crippen LogP contribution in [0.15, 0.2) is 24.4 Å². The first-order valence-electron chi connectivity index (χ1n) is 5.62. The maximum atomic E-state index is 13.3. The summed E-state index contributed by atoms with van der Waals surface area (Å²) in [5.74, 6) is 0.641. The Morgan fingerprint density at radius 3 is 3.06 bits per heavy atom. The number of hydrogen-bond acceptors (Lipinski definition) is 4. The van der Waals surface area contributed by atoms with E-state index in [9.17, 15) is 9.50 Å². The van der Waals surface area contributed by atoms with Crippen LogP contribution in [0.4, 0.5) is 4.39 Å². The van der Waals surface area contributed by atoms with Crippen LogP contribution in [0.25, 0.3) is 5.65 Å². The summed E-state index contributed by atoms with van der Waals surface area (Å²) in [6.45, 7) is 0. The van der Waals surface area contributed by atoms with Crippen LogP contribution in [0, 0.1) is 0 Å². The molecule has 0 amide bonds. The molecule has 2 N–H and O–H groups in total. The van der Waals surface area contributed by atoms with Gasteiger partial charge >= 0.3 is 0 Å². The molecule has 3 heterocycles. The van der Waals surface area contributed by atoms with E-state index in [1.165, 1.54) is 0 Å². The van der Waals surface area contributed by atoms with Crippen molar-refractivity contribution < 1.29 is 9.50 Å². The van der Waals surface area contributed by atoms with Gasteiger partial charge in [0.15, 0.2) is 17.8 Å². The van der Waals surface area contributed by atoms with Crippen molar-refractivity contribution >= 4 is 5.65 Å². The summed E-state index contributed by atoms with van der Waals surface area (Å²) in [7, 11) is 0. The third kappa shape index (κ3) is 1.89. The molecule has 2 aromatic rings. The van der Waals surface area contributed by atoms with Crippen molar-refractivity contribution in [1.29, 1.82) is 0 Å². The third-order valence-electron chi connectivity index (χ3n) is 3.02. The molecule has 3 rings (SSSR count). The van der Waals surface area contributed by atoms with E-state index in [-0.39, 0.29) is 12.5 Å². The van der Waals surface area contributed by atoms with Gasteiger partial charge in [-0.1, -0.05) is 6.07 Å². The maximum absolute atomic E-state index is 13.3. The lowest BCUT2D eigenvalue weighted by atomic mass is 10.0. The van der Waals surface area contributed by atoms with E-state index in [1.807, 2.05) is 28.8 Å². The molecule has 1 aliphatic rings. The number of aliphatic hydroxyl groups is 1. The number of nitrogens with zero attached hydrogens (tertiary/aromatic N) is 3. The van der Waals surface area contributed by atoms with Gasteiger partial charge in [-0.2, -0.15) is 0 Å². The molecule has 0 aromatic carbocycles. The summed E-state index contributed by atoms with van der Waals surface area (Å²) in [6, 6.07) is 5.27. The highest BCUT2D eigenvalue weighted by molar-refractivity contribution is 5.37. The van der Waals surface area contributed by atoms with Crippen LogP contribution < -0.4 is 5.32 Å². The zero-order chi connectivity index (χ0) is 11.8. The Kier molecular flexibility index (Phi) is 2.53. The molecular weight excluding hydrogens is 223 g/mol. The summed E-state index contributed by atoms with van der Waals surface area (Å²) in [5.41, 5.74) is 0.722. The topological polar surface area (TPSA) is 62.5 Å². The van der Waals surface area contributed by atoms with Crippen LogP contribution in [0.3, 0.4) is 0 Å². The first-order valence-corrected chi connectivity index (χ1v) is 5.62. The number of alkyl halides is 1. The van der Waals surface area contributed by atoms with Gasteiger partial charge in [-0.25, -0.2) is 4.39 Å². The molecule has 1 fully saturated rings. The van der Waals surface area contributed by atoms with Crippen molar-refractivity contribution in [1.82, 2.24) is 19.9 Å². The number of halogens is 1. The van der Waals surface area contributed by atoms with Crippen LogP contribution in [-0.4, -0.2) is 32.1 Å². The lowest BCUT2D eigenvalue weighted by Gasteiger charge is -2.28. The molecule has 0 saturated carbocycles. The van der Waals surface area contributed by atoms with E-state index in [0.29, 0.717) is 12.2 Å². The number of hydrogen-bond donors (Lipinski definition) is 2. The largest absolute Gasteiger partial charge is 0.393 e. The molecule has 17 heavy (non-hydrogen) atoms. The van der Waals surface area contributed by atoms with Crippen LogP contribution in [0.1, 0.15) is 24.7 Å². The van der Waals surface area contributed by atoms with Crippen molar-refractivity contribution in [3.63, 3.8) is 0 Å². The second-order valence-corrected chi connectivity index (χ2v) is 4.30. The Morgan fingerprint density at radius 2 is 2.24 bits per heavy atom. The Hall–Kier alpha value is -1.53. The monoisotopic (exact) mass is 236 g/mol. The Balaban J connectivity index is 1.98. The molecule has 5 nitrogen and oxygen atoms in total. The Labute approximate surface area is 97.3 Å². The van der Waals surface area contributed by atoms with Gasteiger partial charge in [0.05, 0.1) is 12.1 Å². The smallest absolute Gasteiger partial charge is 0.160 e. The zero-order valence-electron chi connectivity index (χ0n) is 9.12. The molecular formula is C11H13FN4O. The average Bonchev–Trinajstić information content (AvgIpc) is 2.71. The summed E-state index contributed by atoms with van der Waals surface area (Å²) in [5, 5.41) is 20.4.